The molecule has 0 atom stereocenters. The van der Waals surface area contributed by atoms with Crippen LogP contribution < -0.4 is 58.0 Å². The molecule has 31 nitrogen and oxygen atoms in total. The summed E-state index contributed by atoms with van der Waals surface area (Å²) in [5.74, 6) is 0. The van der Waals surface area contributed by atoms with Gasteiger partial charge in [-0.2, -0.15) is 20.4 Å². The minimum atomic E-state index is -3.78. The van der Waals surface area contributed by atoms with Crippen molar-refractivity contribution in [3.05, 3.63) is 384 Å². The Bertz CT molecular complexity index is 7220. The van der Waals surface area contributed by atoms with Crippen molar-refractivity contribution in [2.75, 3.05) is 53.7 Å². The van der Waals surface area contributed by atoms with E-state index < -0.39 is 39.9 Å². The number of sulfonamides is 3. The van der Waals surface area contributed by atoms with E-state index in [-0.39, 0.29) is 43.7 Å². The molecule has 4 aromatic heterocycles. The van der Waals surface area contributed by atoms with Crippen molar-refractivity contribution < 1.29 is 52.8 Å². The van der Waals surface area contributed by atoms with Gasteiger partial charge in [0.2, 0.25) is 30.1 Å². The van der Waals surface area contributed by atoms with Crippen molar-refractivity contribution in [1.82, 2.24) is 60.4 Å². The van der Waals surface area contributed by atoms with Gasteiger partial charge in [-0.1, -0.05) is 176 Å². The number of nitrogens with two attached hydrogens (primary N) is 3. The van der Waals surface area contributed by atoms with Gasteiger partial charge in [-0.3, -0.25) is 0 Å². The normalized spacial score (nSPS) is 11.3. The summed E-state index contributed by atoms with van der Waals surface area (Å²) in [6.45, 7) is 11.7. The van der Waals surface area contributed by atoms with E-state index in [0.717, 1.165) is 142 Å². The van der Waals surface area contributed by atoms with Crippen LogP contribution in [0.15, 0.2) is 353 Å². The van der Waals surface area contributed by atoms with Crippen LogP contribution in [0, 0.1) is 34.6 Å². The third kappa shape index (κ3) is 29.4. The van der Waals surface area contributed by atoms with E-state index in [0.29, 0.717) is 70.4 Å². The van der Waals surface area contributed by atoms with Gasteiger partial charge in [-0.25, -0.2) is 87.0 Å². The highest BCUT2D eigenvalue weighted by atomic mass is 32.2. The lowest BCUT2D eigenvalue weighted by molar-refractivity contribution is 0.251. The summed E-state index contributed by atoms with van der Waals surface area (Å²) < 4.78 is 100. The molecule has 0 aliphatic carbocycles. The zero-order valence-corrected chi connectivity index (χ0v) is 81.1. The number of aromatic nitrogens is 8. The molecular weight excluding hydrogens is 1850 g/mol. The lowest BCUT2D eigenvalue weighted by Gasteiger charge is -2.12. The van der Waals surface area contributed by atoms with Crippen molar-refractivity contribution in [3.8, 4) is 67.8 Å². The van der Waals surface area contributed by atoms with Crippen molar-refractivity contribution in [2.24, 2.45) is 15.4 Å². The van der Waals surface area contributed by atoms with Crippen molar-refractivity contribution in [3.63, 3.8) is 0 Å². The van der Waals surface area contributed by atoms with Gasteiger partial charge in [0.15, 0.2) is 9.84 Å². The molecule has 16 rings (SSSR count). The van der Waals surface area contributed by atoms with Gasteiger partial charge in [0.25, 0.3) is 0 Å². The predicted molar refractivity (Wildman–Crippen MR) is 549 cm³/mol. The summed E-state index contributed by atoms with van der Waals surface area (Å²) in [7, 11) is -14.6. The fourth-order valence-electron chi connectivity index (χ4n) is 15.0. The molecule has 140 heavy (non-hydrogen) atoms. The Labute approximate surface area is 814 Å². The Hall–Kier alpha value is -15.8. The number of aryl methyl sites for hydroxylation is 8. The molecule has 35 heteroatoms. The van der Waals surface area contributed by atoms with Gasteiger partial charge < -0.3 is 42.5 Å². The molecule has 16 aromatic rings. The van der Waals surface area contributed by atoms with Crippen molar-refractivity contribution >= 4 is 86.8 Å². The summed E-state index contributed by atoms with van der Waals surface area (Å²) in [4.78, 5) is 49.3. The minimum absolute atomic E-state index is 0.0358. The number of anilines is 4. The van der Waals surface area contributed by atoms with Gasteiger partial charge in [0, 0.05) is 83.9 Å². The summed E-state index contributed by atoms with van der Waals surface area (Å²) in [6.07, 6.45) is 5.84. The molecule has 4 heterocycles. The first-order chi connectivity index (χ1) is 67.1. The largest absolute Gasteiger partial charge is 0.338 e. The average Bonchev–Trinajstić information content (AvgIpc) is 1.65. The highest BCUT2D eigenvalue weighted by Gasteiger charge is 2.22. The third-order valence-corrected chi connectivity index (χ3v) is 25.9. The van der Waals surface area contributed by atoms with Crippen LogP contribution in [0.1, 0.15) is 69.9 Å². The number of amides is 8. The number of nitrogens with one attached hydrogen (secondary N) is 8. The topological polar surface area (TPSA) is 450 Å². The van der Waals surface area contributed by atoms with Gasteiger partial charge in [-0.05, 0) is 259 Å². The lowest BCUT2D eigenvalue weighted by Crippen LogP contribution is -2.30. The second-order valence-electron chi connectivity index (χ2n) is 33.0. The van der Waals surface area contributed by atoms with Gasteiger partial charge >= 0.3 is 24.1 Å². The maximum absolute atomic E-state index is 12.4. The molecule has 0 aliphatic rings. The van der Waals surface area contributed by atoms with Gasteiger partial charge in [0.1, 0.15) is 0 Å². The van der Waals surface area contributed by atoms with Crippen LogP contribution in [0.25, 0.3) is 67.8 Å². The van der Waals surface area contributed by atoms with Crippen LogP contribution in [0.3, 0.4) is 0 Å². The van der Waals surface area contributed by atoms with Crippen LogP contribution in [-0.4, -0.2) is 129 Å². The third-order valence-electron chi connectivity index (χ3n) is 22.0. The molecule has 0 aliphatic heterocycles. The Morgan fingerprint density at radius 2 is 0.514 bits per heavy atom. The number of hydrogen-bond donors (Lipinski definition) is 11. The number of primary sulfonamides is 3. The van der Waals surface area contributed by atoms with E-state index in [2.05, 4.69) is 42.5 Å². The first-order valence-electron chi connectivity index (χ1n) is 44.8. The highest BCUT2D eigenvalue weighted by molar-refractivity contribution is 7.90. The molecule has 8 amide bonds. The van der Waals surface area contributed by atoms with Crippen LogP contribution in [0.5, 0.6) is 0 Å². The van der Waals surface area contributed by atoms with E-state index in [4.69, 9.17) is 35.8 Å². The standard InChI is InChI=1S/C27H29N5O3S.C27H28N4O3S.C26H27N5O3S.C25H25N5O3S/c1-19-8-6-9-20(2)26(19)30-27(33)29-17-7-12-22-18-25(21-10-4-3-5-11-21)32(31-22)23-13-15-24(16-14-23)36(28,34)35;1-20-8-6-11-22(18-20)29-27(32)28-17-7-12-23-19-26(21-9-4-3-5-10-21)31(30-23)24-13-15-25(16-14-24)35(2,33)34;1-19-7-5-10-21(17-19)29-26(32)28-16-6-11-22-18-25(20-8-3-2-4-9-20)31(30-22)23-12-14-24(15-13-23)35(27,33)34;1-18-6-5-9-20(16-18)28-25(31)27-15-14-21-17-24(19-7-3-2-4-8-19)30(29-21)22-10-12-23(13-11-22)34(26,32)33/h3-6,8-11,13-16,18H,7,12,17H2,1-2H3,(H2,28,34,35)(H2,29,30,33);3-6,8-11,13-16,18-19H,7,12,17H2,1-2H3,(H2,28,29,32);2-5,7-10,12-15,17-18H,6,11,16H2,1H3,(H2,27,33,34)(H2,28,29,32);2-13,16-17H,14-15H2,1H3,(H2,26,32,33)(H2,27,28,31). The monoisotopic (exact) mass is 1960 g/mol. The van der Waals surface area contributed by atoms with Gasteiger partial charge in [0.05, 0.1) is 87.9 Å². The van der Waals surface area contributed by atoms with E-state index >= 15 is 0 Å². The first kappa shape index (κ1) is 102. The average molecular weight is 1960 g/mol. The number of carbonyl (C=O) groups excluding carboxylic acids is 4. The molecule has 720 valence electrons. The lowest BCUT2D eigenvalue weighted by atomic mass is 10.1. The summed E-state index contributed by atoms with van der Waals surface area (Å²) in [6, 6.07) is 101. The molecule has 14 N–H and O–H groups in total. The fourth-order valence-corrected chi connectivity index (χ4v) is 17.2. The number of hydrogen-bond acceptors (Lipinski definition) is 16. The second-order valence-corrected chi connectivity index (χ2v) is 39.7. The Balaban J connectivity index is 0.000000157. The number of para-hydroxylation sites is 1. The number of sulfone groups is 1. The Morgan fingerprint density at radius 1 is 0.271 bits per heavy atom. The molecule has 0 fully saturated rings. The number of urea groups is 4. The van der Waals surface area contributed by atoms with Crippen molar-refractivity contribution in [2.45, 2.75) is 99.1 Å². The summed E-state index contributed by atoms with van der Waals surface area (Å²) in [5, 5.41) is 57.6. The molecule has 0 unspecified atom stereocenters. The van der Waals surface area contributed by atoms with E-state index in [1.54, 1.807) is 74.7 Å². The molecule has 0 radical (unpaired) electrons. The van der Waals surface area contributed by atoms with Crippen LogP contribution >= 0.6 is 0 Å². The Kier molecular flexibility index (Phi) is 34.4. The minimum Gasteiger partial charge on any atom is -0.338 e. The van der Waals surface area contributed by atoms with Crippen LogP contribution in [0.2, 0.25) is 0 Å². The van der Waals surface area contributed by atoms with Gasteiger partial charge in [-0.15, -0.1) is 0 Å². The molecule has 0 saturated heterocycles. The summed E-state index contributed by atoms with van der Waals surface area (Å²) >= 11 is 0. The second kappa shape index (κ2) is 47.3. The number of carbonyl (C=O) groups is 4. The van der Waals surface area contributed by atoms with E-state index in [1.165, 1.54) is 42.7 Å². The molecule has 0 spiro atoms. The number of benzene rings is 12. The smallest absolute Gasteiger partial charge is 0.319 e. The predicted octanol–water partition coefficient (Wildman–Crippen LogP) is 17.7. The van der Waals surface area contributed by atoms with E-state index in [1.807, 2.05) is 276 Å². The van der Waals surface area contributed by atoms with E-state index in [9.17, 15) is 52.8 Å². The van der Waals surface area contributed by atoms with Crippen LogP contribution in [0.4, 0.5) is 41.9 Å². The maximum atomic E-state index is 12.4. The van der Waals surface area contributed by atoms with Crippen molar-refractivity contribution in [1.29, 1.82) is 0 Å². The zero-order chi connectivity index (χ0) is 99.5. The molecule has 0 saturated carbocycles. The number of rotatable bonds is 31. The summed E-state index contributed by atoms with van der Waals surface area (Å²) in [5.41, 5.74) is 22.1. The maximum Gasteiger partial charge on any atom is 0.319 e. The van der Waals surface area contributed by atoms with Crippen LogP contribution in [-0.2, 0) is 65.6 Å². The number of nitrogens with zero attached hydrogens (tertiary/aromatic N) is 8. The Morgan fingerprint density at radius 3 is 0.771 bits per heavy atom. The quantitative estimate of drug-likeness (QED) is 0.0180. The highest BCUT2D eigenvalue weighted by Crippen LogP contribution is 2.32. The SMILES string of the molecule is Cc1cccc(C)c1NC(=O)NCCCc1cc(-c2ccccc2)n(-c2ccc(S(N)(=O)=O)cc2)n1.Cc1cccc(NC(=O)NCCCc2cc(-c3ccccc3)n(-c3ccc(S(C)(=O)=O)cc3)n2)c1.Cc1cccc(NC(=O)NCCCc2cc(-c3ccccc3)n(-c3ccc(S(N)(=O)=O)cc3)n2)c1.Cc1cccc(NC(=O)NCCc2cc(-c3ccccc3)n(-c3ccc(S(N)(=O)=O)cc3)n2)c1. The first-order valence-corrected chi connectivity index (χ1v) is 51.4. The molecular formula is C105H109N19O12S4. The zero-order valence-electron chi connectivity index (χ0n) is 77.9. The molecule has 12 aromatic carbocycles. The fraction of sp³-hybridized carbons (Fsp3) is 0.162. The molecule has 0 bridgehead atoms.